The van der Waals surface area contributed by atoms with Crippen LogP contribution in [0.2, 0.25) is 0 Å². The van der Waals surface area contributed by atoms with Crippen LogP contribution in [0.1, 0.15) is 40.2 Å². The molecule has 0 atom stereocenters. The molecule has 2 N–H and O–H groups in total. The summed E-state index contributed by atoms with van der Waals surface area (Å²) in [4.78, 5) is 23.8. The number of hydrogen-bond acceptors (Lipinski definition) is 5. The number of aryl methyl sites for hydroxylation is 1. The van der Waals surface area contributed by atoms with E-state index in [-0.39, 0.29) is 5.56 Å². The van der Waals surface area contributed by atoms with Gasteiger partial charge in [-0.1, -0.05) is 0 Å². The summed E-state index contributed by atoms with van der Waals surface area (Å²) >= 11 is 0. The molecule has 2 aromatic rings. The minimum atomic E-state index is -0.946. The van der Waals surface area contributed by atoms with E-state index < -0.39 is 5.97 Å². The molecule has 0 aliphatic heterocycles. The van der Waals surface area contributed by atoms with E-state index in [1.807, 2.05) is 0 Å². The molecule has 0 fully saturated rings. The van der Waals surface area contributed by atoms with Crippen LogP contribution in [0.5, 0.6) is 0 Å². The number of aromatic nitrogens is 3. The van der Waals surface area contributed by atoms with Crippen molar-refractivity contribution in [3.63, 3.8) is 0 Å². The highest BCUT2D eigenvalue weighted by atomic mass is 16.4. The number of carbonyl (C=O) groups is 1. The quantitative estimate of drug-likeness (QED) is 0.893. The summed E-state index contributed by atoms with van der Waals surface area (Å²) in [5, 5.41) is 12.2. The second kappa shape index (κ2) is 5.87. The highest BCUT2D eigenvalue weighted by molar-refractivity contribution is 5.87. The molecule has 3 rings (SSSR count). The Morgan fingerprint density at radius 1 is 1.24 bits per heavy atom. The lowest BCUT2D eigenvalue weighted by atomic mass is 9.96. The number of carboxylic acids is 1. The van der Waals surface area contributed by atoms with E-state index in [0.29, 0.717) is 12.2 Å². The molecule has 0 saturated heterocycles. The highest BCUT2D eigenvalue weighted by Crippen LogP contribution is 2.24. The first-order valence-electron chi connectivity index (χ1n) is 6.99. The number of carboxylic acid groups (broad SMARTS) is 1. The van der Waals surface area contributed by atoms with Crippen molar-refractivity contribution in [2.24, 2.45) is 0 Å². The second-order valence-corrected chi connectivity index (χ2v) is 5.05. The molecule has 0 unspecified atom stereocenters. The number of hydrogen-bond donors (Lipinski definition) is 2. The van der Waals surface area contributed by atoms with Gasteiger partial charge in [0.25, 0.3) is 0 Å². The molecule has 2 aromatic heterocycles. The molecule has 0 amide bonds. The molecule has 0 aromatic carbocycles. The monoisotopic (exact) mass is 284 g/mol. The molecule has 1 aliphatic rings. The van der Waals surface area contributed by atoms with Crippen molar-refractivity contribution in [2.45, 2.75) is 32.2 Å². The van der Waals surface area contributed by atoms with E-state index in [1.54, 1.807) is 12.4 Å². The van der Waals surface area contributed by atoms with Crippen LogP contribution < -0.4 is 5.32 Å². The molecule has 1 aliphatic carbocycles. The van der Waals surface area contributed by atoms with Crippen molar-refractivity contribution in [3.8, 4) is 0 Å². The van der Waals surface area contributed by atoms with Gasteiger partial charge in [0.05, 0.1) is 17.8 Å². The third-order valence-corrected chi connectivity index (χ3v) is 3.63. The predicted molar refractivity (Wildman–Crippen MR) is 77.2 cm³/mol. The molecule has 0 radical (unpaired) electrons. The molecule has 108 valence electrons. The molecule has 0 bridgehead atoms. The summed E-state index contributed by atoms with van der Waals surface area (Å²) < 4.78 is 0. The number of nitrogens with zero attached hydrogens (tertiary/aromatic N) is 3. The Bertz CT molecular complexity index is 672. The Hall–Kier alpha value is -2.50. The largest absolute Gasteiger partial charge is 0.478 e. The van der Waals surface area contributed by atoms with Crippen LogP contribution in [0.4, 0.5) is 5.82 Å². The van der Waals surface area contributed by atoms with Gasteiger partial charge in [-0.05, 0) is 37.8 Å². The fraction of sp³-hybridized carbons (Fsp3) is 0.333. The molecule has 21 heavy (non-hydrogen) atoms. The van der Waals surface area contributed by atoms with E-state index in [2.05, 4.69) is 20.3 Å². The lowest BCUT2D eigenvalue weighted by Crippen LogP contribution is -2.12. The van der Waals surface area contributed by atoms with Gasteiger partial charge >= 0.3 is 5.97 Å². The van der Waals surface area contributed by atoms with Gasteiger partial charge in [0, 0.05) is 17.5 Å². The summed E-state index contributed by atoms with van der Waals surface area (Å²) in [6.45, 7) is 0.449. The van der Waals surface area contributed by atoms with Crippen molar-refractivity contribution in [2.75, 3.05) is 5.32 Å². The fourth-order valence-electron chi connectivity index (χ4n) is 2.56. The van der Waals surface area contributed by atoms with Gasteiger partial charge in [-0.15, -0.1) is 0 Å². The van der Waals surface area contributed by atoms with Crippen LogP contribution in [-0.2, 0) is 19.4 Å². The van der Waals surface area contributed by atoms with Crippen LogP contribution in [0.25, 0.3) is 0 Å². The van der Waals surface area contributed by atoms with Crippen molar-refractivity contribution in [1.29, 1.82) is 0 Å². The van der Waals surface area contributed by atoms with Gasteiger partial charge in [0.15, 0.2) is 0 Å². The first-order valence-corrected chi connectivity index (χ1v) is 6.99. The average molecular weight is 284 g/mol. The smallest absolute Gasteiger partial charge is 0.335 e. The van der Waals surface area contributed by atoms with Crippen molar-refractivity contribution in [3.05, 3.63) is 47.2 Å². The van der Waals surface area contributed by atoms with Gasteiger partial charge in [0.1, 0.15) is 12.1 Å². The number of rotatable bonds is 4. The van der Waals surface area contributed by atoms with Gasteiger partial charge in [-0.3, -0.25) is 4.98 Å². The predicted octanol–water partition coefficient (Wildman–Crippen LogP) is 2.06. The van der Waals surface area contributed by atoms with E-state index in [9.17, 15) is 4.79 Å². The standard InChI is InChI=1S/C15H16N4O2/c20-15(21)10-5-6-16-11(7-10)8-17-14-12-3-1-2-4-13(12)18-9-19-14/h5-7,9H,1-4,8H2,(H,20,21)(H,17,18,19). The first-order chi connectivity index (χ1) is 10.2. The average Bonchev–Trinajstić information content (AvgIpc) is 2.53. The summed E-state index contributed by atoms with van der Waals surface area (Å²) in [6.07, 6.45) is 7.40. The molecular weight excluding hydrogens is 268 g/mol. The number of anilines is 1. The normalized spacial score (nSPS) is 13.5. The SMILES string of the molecule is O=C(O)c1ccnc(CNc2ncnc3c2CCCC3)c1. The maximum absolute atomic E-state index is 11.0. The molecule has 0 saturated carbocycles. The van der Waals surface area contributed by atoms with Crippen LogP contribution in [0, 0.1) is 0 Å². The minimum absolute atomic E-state index is 0.242. The van der Waals surface area contributed by atoms with Crippen molar-refractivity contribution < 1.29 is 9.90 Å². The van der Waals surface area contributed by atoms with E-state index in [4.69, 9.17) is 5.11 Å². The lowest BCUT2D eigenvalue weighted by Gasteiger charge is -2.17. The third kappa shape index (κ3) is 2.99. The molecule has 6 heteroatoms. The zero-order valence-corrected chi connectivity index (χ0v) is 11.5. The Morgan fingerprint density at radius 3 is 2.95 bits per heavy atom. The van der Waals surface area contributed by atoms with E-state index >= 15 is 0 Å². The molecular formula is C15H16N4O2. The van der Waals surface area contributed by atoms with Crippen LogP contribution in [0.3, 0.4) is 0 Å². The van der Waals surface area contributed by atoms with Crippen molar-refractivity contribution >= 4 is 11.8 Å². The number of nitrogens with one attached hydrogen (secondary N) is 1. The van der Waals surface area contributed by atoms with Gasteiger partial charge in [-0.25, -0.2) is 14.8 Å². The highest BCUT2D eigenvalue weighted by Gasteiger charge is 2.15. The summed E-state index contributed by atoms with van der Waals surface area (Å²) in [5.74, 6) is -0.111. The summed E-state index contributed by atoms with van der Waals surface area (Å²) in [5.41, 5.74) is 3.22. The Labute approximate surface area is 122 Å². The number of fused-ring (bicyclic) bond motifs is 1. The van der Waals surface area contributed by atoms with Crippen LogP contribution in [-0.4, -0.2) is 26.0 Å². The Balaban J connectivity index is 1.76. The molecule has 0 spiro atoms. The maximum Gasteiger partial charge on any atom is 0.335 e. The second-order valence-electron chi connectivity index (χ2n) is 5.05. The van der Waals surface area contributed by atoms with Crippen molar-refractivity contribution in [1.82, 2.24) is 15.0 Å². The van der Waals surface area contributed by atoms with Gasteiger partial charge in [0.2, 0.25) is 0 Å². The van der Waals surface area contributed by atoms with E-state index in [0.717, 1.165) is 30.8 Å². The third-order valence-electron chi connectivity index (χ3n) is 3.63. The van der Waals surface area contributed by atoms with Crippen LogP contribution in [0.15, 0.2) is 24.7 Å². The van der Waals surface area contributed by atoms with Gasteiger partial charge < -0.3 is 10.4 Å². The lowest BCUT2D eigenvalue weighted by molar-refractivity contribution is 0.0696. The van der Waals surface area contributed by atoms with Crippen LogP contribution >= 0.6 is 0 Å². The Kier molecular flexibility index (Phi) is 3.77. The van der Waals surface area contributed by atoms with Gasteiger partial charge in [-0.2, -0.15) is 0 Å². The fourth-order valence-corrected chi connectivity index (χ4v) is 2.56. The van der Waals surface area contributed by atoms with E-state index in [1.165, 1.54) is 24.2 Å². The minimum Gasteiger partial charge on any atom is -0.478 e. The zero-order chi connectivity index (χ0) is 14.7. The molecule has 2 heterocycles. The number of pyridine rings is 1. The maximum atomic E-state index is 11.0. The topological polar surface area (TPSA) is 88.0 Å². The summed E-state index contributed by atoms with van der Waals surface area (Å²) in [7, 11) is 0. The number of aromatic carboxylic acids is 1. The summed E-state index contributed by atoms with van der Waals surface area (Å²) in [6, 6.07) is 3.06. The zero-order valence-electron chi connectivity index (χ0n) is 11.5. The Morgan fingerprint density at radius 2 is 2.10 bits per heavy atom. The first kappa shape index (κ1) is 13.5. The molecule has 6 nitrogen and oxygen atoms in total.